The molecule has 2 aliphatic heterocycles. The second-order valence-electron chi connectivity index (χ2n) is 6.37. The predicted molar refractivity (Wildman–Crippen MR) is 98.5 cm³/mol. The van der Waals surface area contributed by atoms with Crippen LogP contribution in [-0.2, 0) is 31.4 Å². The molecule has 0 aromatic heterocycles. The highest BCUT2D eigenvalue weighted by Crippen LogP contribution is 2.31. The van der Waals surface area contributed by atoms with Crippen molar-refractivity contribution >= 4 is 37.4 Å². The largest absolute Gasteiger partial charge is 0.457 e. The molecule has 1 saturated heterocycles. The van der Waals surface area contributed by atoms with Gasteiger partial charge in [-0.15, -0.1) is 0 Å². The van der Waals surface area contributed by atoms with Crippen LogP contribution in [0.2, 0.25) is 0 Å². The maximum absolute atomic E-state index is 14.3. The van der Waals surface area contributed by atoms with Crippen LogP contribution < -0.4 is 9.03 Å². The first-order chi connectivity index (χ1) is 13.2. The summed E-state index contributed by atoms with van der Waals surface area (Å²) in [6.07, 6.45) is 0.435. The minimum absolute atomic E-state index is 0.0182. The highest BCUT2D eigenvalue weighted by Gasteiger charge is 2.31. The molecule has 0 saturated carbocycles. The number of rotatable bonds is 4. The molecule has 0 aliphatic carbocycles. The van der Waals surface area contributed by atoms with Crippen LogP contribution >= 0.6 is 0 Å². The quantitative estimate of drug-likeness (QED) is 0.747. The molecule has 0 spiro atoms. The molecule has 2 aromatic rings. The van der Waals surface area contributed by atoms with Gasteiger partial charge in [0.1, 0.15) is 12.4 Å². The number of hydrogen-bond donors (Lipinski definition) is 1. The van der Waals surface area contributed by atoms with Crippen LogP contribution in [0, 0.1) is 5.82 Å². The number of sulfonamides is 2. The van der Waals surface area contributed by atoms with Gasteiger partial charge in [0.15, 0.2) is 0 Å². The minimum atomic E-state index is -4.24. The van der Waals surface area contributed by atoms with Gasteiger partial charge in [0.25, 0.3) is 10.0 Å². The van der Waals surface area contributed by atoms with Crippen molar-refractivity contribution in [1.82, 2.24) is 0 Å². The van der Waals surface area contributed by atoms with Gasteiger partial charge in [-0.05, 0) is 36.8 Å². The Morgan fingerprint density at radius 2 is 1.96 bits per heavy atom. The summed E-state index contributed by atoms with van der Waals surface area (Å²) >= 11 is 0. The molecule has 0 unspecified atom stereocenters. The molecular formula is C17H15FN2O6S2. The Labute approximate surface area is 161 Å². The van der Waals surface area contributed by atoms with E-state index < -0.39 is 31.8 Å². The number of nitrogens with one attached hydrogen (secondary N) is 1. The Hall–Kier alpha value is -2.66. The molecule has 0 bridgehead atoms. The summed E-state index contributed by atoms with van der Waals surface area (Å²) in [4.78, 5) is 11.5. The smallest absolute Gasteiger partial charge is 0.338 e. The summed E-state index contributed by atoms with van der Waals surface area (Å²) in [6, 6.07) is 7.55. The molecule has 2 aromatic carbocycles. The third kappa shape index (κ3) is 3.10. The van der Waals surface area contributed by atoms with Crippen LogP contribution in [0.15, 0.2) is 41.3 Å². The lowest BCUT2D eigenvalue weighted by Crippen LogP contribution is -2.25. The van der Waals surface area contributed by atoms with Gasteiger partial charge in [-0.1, -0.05) is 6.07 Å². The zero-order chi connectivity index (χ0) is 20.1. The number of carbonyl (C=O) groups excluding carboxylic acids is 1. The normalized spacial score (nSPS) is 18.0. The number of ether oxygens (including phenoxy) is 1. The SMILES string of the molecule is O=C1OCc2c1cccc2S(=O)(=O)Nc1cc(N2CCCS2(=O)=O)ccc1F. The van der Waals surface area contributed by atoms with Crippen molar-refractivity contribution in [3.05, 3.63) is 53.3 Å². The molecule has 148 valence electrons. The molecule has 4 rings (SSSR count). The van der Waals surface area contributed by atoms with Crippen molar-refractivity contribution in [1.29, 1.82) is 0 Å². The number of cyclic esters (lactones) is 1. The zero-order valence-electron chi connectivity index (χ0n) is 14.4. The lowest BCUT2D eigenvalue weighted by Gasteiger charge is -2.18. The van der Waals surface area contributed by atoms with E-state index in [1.165, 1.54) is 24.3 Å². The summed E-state index contributed by atoms with van der Waals surface area (Å²) < 4.78 is 72.1. The number of hydrogen-bond acceptors (Lipinski definition) is 6. The van der Waals surface area contributed by atoms with Crippen LogP contribution in [-0.4, -0.2) is 35.1 Å². The molecule has 0 radical (unpaired) electrons. The number of halogens is 1. The minimum Gasteiger partial charge on any atom is -0.457 e. The average Bonchev–Trinajstić information content (AvgIpc) is 3.19. The first kappa shape index (κ1) is 18.7. The van der Waals surface area contributed by atoms with Crippen molar-refractivity contribution < 1.29 is 30.8 Å². The van der Waals surface area contributed by atoms with E-state index in [1.807, 2.05) is 0 Å². The van der Waals surface area contributed by atoms with Crippen molar-refractivity contribution in [2.45, 2.75) is 17.9 Å². The molecule has 11 heteroatoms. The third-order valence-corrected chi connectivity index (χ3v) is 7.89. The standard InChI is InChI=1S/C17H15FN2O6S2/c18-14-6-5-11(20-7-2-8-27(20,22)23)9-15(14)19-28(24,25)16-4-1-3-12-13(16)10-26-17(12)21/h1,3-6,9,19H,2,7-8,10H2. The number of anilines is 2. The van der Waals surface area contributed by atoms with Crippen LogP contribution in [0.1, 0.15) is 22.3 Å². The fourth-order valence-electron chi connectivity index (χ4n) is 3.25. The fourth-order valence-corrected chi connectivity index (χ4v) is 6.11. The summed E-state index contributed by atoms with van der Waals surface area (Å²) in [5.74, 6) is -1.50. The zero-order valence-corrected chi connectivity index (χ0v) is 16.0. The highest BCUT2D eigenvalue weighted by molar-refractivity contribution is 7.93. The van der Waals surface area contributed by atoms with Gasteiger partial charge < -0.3 is 4.74 Å². The number of fused-ring (bicyclic) bond motifs is 1. The highest BCUT2D eigenvalue weighted by atomic mass is 32.2. The van der Waals surface area contributed by atoms with Gasteiger partial charge in [-0.3, -0.25) is 9.03 Å². The summed E-state index contributed by atoms with van der Waals surface area (Å²) in [5.41, 5.74) is 0.120. The van der Waals surface area contributed by atoms with Gasteiger partial charge in [0, 0.05) is 12.1 Å². The first-order valence-electron chi connectivity index (χ1n) is 8.31. The molecule has 0 amide bonds. The van der Waals surface area contributed by atoms with Crippen molar-refractivity contribution in [3.8, 4) is 0 Å². The lowest BCUT2D eigenvalue weighted by atomic mass is 10.1. The molecule has 2 heterocycles. The Balaban J connectivity index is 1.72. The van der Waals surface area contributed by atoms with Crippen LogP contribution in [0.4, 0.5) is 15.8 Å². The maximum atomic E-state index is 14.3. The molecule has 1 fully saturated rings. The van der Waals surface area contributed by atoms with E-state index in [0.29, 0.717) is 6.42 Å². The lowest BCUT2D eigenvalue weighted by molar-refractivity contribution is 0.0534. The van der Waals surface area contributed by atoms with Gasteiger partial charge in [0.05, 0.1) is 27.6 Å². The Morgan fingerprint density at radius 1 is 1.18 bits per heavy atom. The van der Waals surface area contributed by atoms with Gasteiger partial charge in [-0.2, -0.15) is 0 Å². The van der Waals surface area contributed by atoms with Gasteiger partial charge in [0.2, 0.25) is 10.0 Å². The second-order valence-corrected chi connectivity index (χ2v) is 10.0. The number of esters is 1. The Kier molecular flexibility index (Phi) is 4.31. The Morgan fingerprint density at radius 3 is 2.68 bits per heavy atom. The van der Waals surface area contributed by atoms with E-state index in [1.54, 1.807) is 0 Å². The molecule has 0 atom stereocenters. The second kappa shape index (κ2) is 6.45. The van der Waals surface area contributed by atoms with Crippen LogP contribution in [0.3, 0.4) is 0 Å². The van der Waals surface area contributed by atoms with Gasteiger partial charge in [-0.25, -0.2) is 26.0 Å². The molecule has 2 aliphatic rings. The maximum Gasteiger partial charge on any atom is 0.338 e. The topological polar surface area (TPSA) is 110 Å². The van der Waals surface area contributed by atoms with Crippen molar-refractivity contribution in [3.63, 3.8) is 0 Å². The fraction of sp³-hybridized carbons (Fsp3) is 0.235. The summed E-state index contributed by atoms with van der Waals surface area (Å²) in [6.45, 7) is 0.0472. The van der Waals surface area contributed by atoms with E-state index in [0.717, 1.165) is 16.4 Å². The molecular weight excluding hydrogens is 411 g/mol. The molecule has 1 N–H and O–H groups in total. The average molecular weight is 426 g/mol. The predicted octanol–water partition coefficient (Wildman–Crippen LogP) is 1.84. The number of benzene rings is 2. The van der Waals surface area contributed by atoms with Crippen molar-refractivity contribution in [2.75, 3.05) is 21.3 Å². The van der Waals surface area contributed by atoms with E-state index in [-0.39, 0.29) is 46.3 Å². The van der Waals surface area contributed by atoms with E-state index in [9.17, 15) is 26.0 Å². The summed E-state index contributed by atoms with van der Waals surface area (Å²) in [7, 11) is -7.74. The number of nitrogens with zero attached hydrogens (tertiary/aromatic N) is 1. The van der Waals surface area contributed by atoms with E-state index >= 15 is 0 Å². The molecule has 8 nitrogen and oxygen atoms in total. The van der Waals surface area contributed by atoms with E-state index in [4.69, 9.17) is 4.74 Å². The summed E-state index contributed by atoms with van der Waals surface area (Å²) in [5, 5.41) is 0. The van der Waals surface area contributed by atoms with E-state index in [2.05, 4.69) is 4.72 Å². The first-order valence-corrected chi connectivity index (χ1v) is 11.4. The monoisotopic (exact) mass is 426 g/mol. The third-order valence-electron chi connectivity index (χ3n) is 4.57. The Bertz CT molecular complexity index is 1190. The van der Waals surface area contributed by atoms with Crippen LogP contribution in [0.5, 0.6) is 0 Å². The van der Waals surface area contributed by atoms with Gasteiger partial charge >= 0.3 is 5.97 Å². The van der Waals surface area contributed by atoms with Crippen molar-refractivity contribution in [2.24, 2.45) is 0 Å². The molecule has 28 heavy (non-hydrogen) atoms. The van der Waals surface area contributed by atoms with Crippen LogP contribution in [0.25, 0.3) is 0 Å². The number of carbonyl (C=O) groups is 1.